The third-order valence-electron chi connectivity index (χ3n) is 5.04. The van der Waals surface area contributed by atoms with Gasteiger partial charge in [-0.3, -0.25) is 0 Å². The van der Waals surface area contributed by atoms with Crippen LogP contribution in [0.15, 0.2) is 91.0 Å². The van der Waals surface area contributed by atoms with E-state index in [1.165, 1.54) is 0 Å². The number of benzene rings is 3. The largest absolute Gasteiger partial charge is 0.458 e. The van der Waals surface area contributed by atoms with Crippen LogP contribution >= 0.6 is 0 Å². The summed E-state index contributed by atoms with van der Waals surface area (Å²) in [6.07, 6.45) is -2.15. The number of carbonyl (C=O) groups excluding carboxylic acids is 1. The fraction of sp³-hybridized carbons (Fsp3) is 0.208. The molecule has 4 rings (SSSR count). The van der Waals surface area contributed by atoms with Crippen molar-refractivity contribution >= 4 is 5.97 Å². The molecule has 1 saturated heterocycles. The van der Waals surface area contributed by atoms with Crippen LogP contribution in [0.4, 0.5) is 4.39 Å². The third-order valence-corrected chi connectivity index (χ3v) is 5.04. The van der Waals surface area contributed by atoms with Gasteiger partial charge in [0.15, 0.2) is 0 Å². The van der Waals surface area contributed by atoms with Gasteiger partial charge in [-0.1, -0.05) is 91.0 Å². The predicted octanol–water partition coefficient (Wildman–Crippen LogP) is 4.65. The molecular weight excluding hydrogens is 355 g/mol. The lowest BCUT2D eigenvalue weighted by Crippen LogP contribution is -2.35. The maximum absolute atomic E-state index is 13.6. The zero-order valence-corrected chi connectivity index (χ0v) is 15.3. The Labute approximate surface area is 163 Å². The monoisotopic (exact) mass is 376 g/mol. The number of ether oxygens (including phenoxy) is 2. The van der Waals surface area contributed by atoms with E-state index in [1.54, 1.807) is 0 Å². The summed E-state index contributed by atoms with van der Waals surface area (Å²) in [7, 11) is 0. The lowest BCUT2D eigenvalue weighted by molar-refractivity contribution is -0.148. The fourth-order valence-corrected chi connectivity index (χ4v) is 3.70. The van der Waals surface area contributed by atoms with Crippen LogP contribution < -0.4 is 0 Å². The van der Waals surface area contributed by atoms with Crippen LogP contribution in [0.2, 0.25) is 0 Å². The van der Waals surface area contributed by atoms with E-state index in [0.717, 1.165) is 16.7 Å². The molecule has 3 aromatic rings. The van der Waals surface area contributed by atoms with Crippen LogP contribution in [-0.2, 0) is 19.9 Å². The first-order valence-electron chi connectivity index (χ1n) is 9.35. The summed E-state index contributed by atoms with van der Waals surface area (Å²) in [5.41, 5.74) is 1.96. The molecule has 0 aliphatic carbocycles. The molecule has 1 heterocycles. The SMILES string of the molecule is O=C1O[C@H](COC(c2ccccc2)(c2ccccc2)c2ccccc2)C[C@@H]1F. The minimum Gasteiger partial charge on any atom is -0.458 e. The van der Waals surface area contributed by atoms with Crippen molar-refractivity contribution < 1.29 is 18.7 Å². The van der Waals surface area contributed by atoms with Crippen LogP contribution in [0.5, 0.6) is 0 Å². The fourth-order valence-electron chi connectivity index (χ4n) is 3.70. The van der Waals surface area contributed by atoms with Gasteiger partial charge in [0.05, 0.1) is 6.61 Å². The highest BCUT2D eigenvalue weighted by atomic mass is 19.1. The summed E-state index contributed by atoms with van der Waals surface area (Å²) in [5.74, 6) is -0.807. The van der Waals surface area contributed by atoms with E-state index in [0.29, 0.717) is 0 Å². The van der Waals surface area contributed by atoms with Crippen LogP contribution in [0.3, 0.4) is 0 Å². The van der Waals surface area contributed by atoms with Crippen molar-refractivity contribution in [3.8, 4) is 0 Å². The Morgan fingerprint density at radius 3 is 1.61 bits per heavy atom. The van der Waals surface area contributed by atoms with E-state index in [9.17, 15) is 9.18 Å². The number of esters is 1. The van der Waals surface area contributed by atoms with E-state index in [1.807, 2.05) is 91.0 Å². The zero-order valence-electron chi connectivity index (χ0n) is 15.3. The molecule has 0 saturated carbocycles. The molecule has 3 aromatic carbocycles. The Morgan fingerprint density at radius 1 is 0.821 bits per heavy atom. The lowest BCUT2D eigenvalue weighted by atomic mass is 9.80. The quantitative estimate of drug-likeness (QED) is 0.464. The molecule has 4 heteroatoms. The molecule has 0 spiro atoms. The number of carbonyl (C=O) groups is 1. The number of rotatable bonds is 6. The molecular formula is C24H21FO3. The van der Waals surface area contributed by atoms with Crippen molar-refractivity contribution in [3.63, 3.8) is 0 Å². The lowest BCUT2D eigenvalue weighted by Gasteiger charge is -2.36. The maximum Gasteiger partial charge on any atom is 0.341 e. The van der Waals surface area contributed by atoms with Gasteiger partial charge in [0, 0.05) is 6.42 Å². The maximum atomic E-state index is 13.6. The van der Waals surface area contributed by atoms with Gasteiger partial charge in [-0.2, -0.15) is 0 Å². The molecule has 0 unspecified atom stereocenters. The van der Waals surface area contributed by atoms with E-state index >= 15 is 0 Å². The highest BCUT2D eigenvalue weighted by Crippen LogP contribution is 2.41. The summed E-state index contributed by atoms with van der Waals surface area (Å²) in [4.78, 5) is 11.5. The van der Waals surface area contributed by atoms with Gasteiger partial charge in [0.2, 0.25) is 6.17 Å². The first kappa shape index (κ1) is 18.4. The molecule has 3 nitrogen and oxygen atoms in total. The van der Waals surface area contributed by atoms with Gasteiger partial charge >= 0.3 is 5.97 Å². The van der Waals surface area contributed by atoms with Crippen molar-refractivity contribution in [2.24, 2.45) is 0 Å². The molecule has 1 aliphatic rings. The second-order valence-corrected chi connectivity index (χ2v) is 6.85. The van der Waals surface area contributed by atoms with Crippen molar-refractivity contribution in [3.05, 3.63) is 108 Å². The van der Waals surface area contributed by atoms with Crippen LogP contribution in [0.1, 0.15) is 23.1 Å². The van der Waals surface area contributed by atoms with Crippen LogP contribution in [0.25, 0.3) is 0 Å². The van der Waals surface area contributed by atoms with Gasteiger partial charge in [-0.05, 0) is 16.7 Å². The predicted molar refractivity (Wildman–Crippen MR) is 105 cm³/mol. The Morgan fingerprint density at radius 2 is 1.25 bits per heavy atom. The van der Waals surface area contributed by atoms with E-state index in [2.05, 4.69) is 0 Å². The molecule has 142 valence electrons. The highest BCUT2D eigenvalue weighted by molar-refractivity contribution is 5.76. The number of hydrogen-bond acceptors (Lipinski definition) is 3. The molecule has 0 aromatic heterocycles. The van der Waals surface area contributed by atoms with Gasteiger partial charge in [-0.15, -0.1) is 0 Å². The minimum atomic E-state index is -1.58. The van der Waals surface area contributed by atoms with Crippen molar-refractivity contribution in [1.29, 1.82) is 0 Å². The Balaban J connectivity index is 1.80. The summed E-state index contributed by atoms with van der Waals surface area (Å²) in [5, 5.41) is 0. The zero-order chi connectivity index (χ0) is 19.4. The average molecular weight is 376 g/mol. The first-order chi connectivity index (χ1) is 13.7. The highest BCUT2D eigenvalue weighted by Gasteiger charge is 2.41. The number of halogens is 1. The van der Waals surface area contributed by atoms with E-state index < -0.39 is 23.8 Å². The molecule has 0 N–H and O–H groups in total. The standard InChI is InChI=1S/C24H21FO3/c25-22-16-21(28-23(22)26)17-27-24(18-10-4-1-5-11-18,19-12-6-2-7-13-19)20-14-8-3-9-15-20/h1-15,21-22H,16-17H2/t21-,22-/m0/s1. The van der Waals surface area contributed by atoms with Gasteiger partial charge in [0.25, 0.3) is 0 Å². The summed E-state index contributed by atoms with van der Waals surface area (Å²) < 4.78 is 25.3. The van der Waals surface area contributed by atoms with Gasteiger partial charge in [-0.25, -0.2) is 9.18 Å². The molecule has 0 radical (unpaired) electrons. The number of cyclic esters (lactones) is 1. The summed E-state index contributed by atoms with van der Waals surface area (Å²) in [6, 6.07) is 29.7. The van der Waals surface area contributed by atoms with Crippen molar-refractivity contribution in [2.45, 2.75) is 24.3 Å². The molecule has 28 heavy (non-hydrogen) atoms. The second kappa shape index (κ2) is 7.95. The number of alkyl halides is 1. The normalized spacial score (nSPS) is 19.4. The minimum absolute atomic E-state index is 0.0211. The van der Waals surface area contributed by atoms with Gasteiger partial charge in [0.1, 0.15) is 11.7 Å². The molecule has 0 amide bonds. The van der Waals surface area contributed by atoms with E-state index in [4.69, 9.17) is 9.47 Å². The topological polar surface area (TPSA) is 35.5 Å². The van der Waals surface area contributed by atoms with Crippen LogP contribution in [0, 0.1) is 0 Å². The molecule has 2 atom stereocenters. The van der Waals surface area contributed by atoms with Gasteiger partial charge < -0.3 is 9.47 Å². The van der Waals surface area contributed by atoms with Crippen LogP contribution in [-0.4, -0.2) is 24.9 Å². The molecule has 0 bridgehead atoms. The Bertz CT molecular complexity index is 816. The number of hydrogen-bond donors (Lipinski definition) is 0. The van der Waals surface area contributed by atoms with Crippen molar-refractivity contribution in [1.82, 2.24) is 0 Å². The molecule has 1 aliphatic heterocycles. The molecule has 1 fully saturated rings. The van der Waals surface area contributed by atoms with Crippen molar-refractivity contribution in [2.75, 3.05) is 6.61 Å². The Kier molecular flexibility index (Phi) is 5.22. The average Bonchev–Trinajstić information content (AvgIpc) is 3.08. The smallest absolute Gasteiger partial charge is 0.341 e. The first-order valence-corrected chi connectivity index (χ1v) is 9.35. The second-order valence-electron chi connectivity index (χ2n) is 6.85. The summed E-state index contributed by atoms with van der Waals surface area (Å²) >= 11 is 0. The third kappa shape index (κ3) is 3.43. The summed E-state index contributed by atoms with van der Waals surface area (Å²) in [6.45, 7) is 0.102. The Hall–Kier alpha value is -2.98. The van der Waals surface area contributed by atoms with E-state index in [-0.39, 0.29) is 13.0 Å².